The molecule has 1 saturated carbocycles. The molecule has 1 saturated heterocycles. The molecule has 1 heterocycles. The molecule has 0 radical (unpaired) electrons. The Morgan fingerprint density at radius 2 is 2.00 bits per heavy atom. The average Bonchev–Trinajstić information content (AvgIpc) is 2.06. The van der Waals surface area contributed by atoms with Crippen LogP contribution in [-0.4, -0.2) is 13.1 Å². The Hall–Kier alpha value is -0.500. The van der Waals surface area contributed by atoms with Gasteiger partial charge in [-0.25, -0.2) is 0 Å². The highest BCUT2D eigenvalue weighted by Gasteiger charge is 2.47. The lowest BCUT2D eigenvalue weighted by molar-refractivity contribution is 0.0904. The molecule has 15 heavy (non-hydrogen) atoms. The maximum atomic E-state index is 3.60. The Morgan fingerprint density at radius 3 is 2.53 bits per heavy atom. The maximum absolute atomic E-state index is 3.60. The van der Waals surface area contributed by atoms with Crippen molar-refractivity contribution in [2.45, 2.75) is 26.2 Å². The standard InChI is InChI=1S/C13H16BrN/c1-10-3-4-11(7-12(10)14)15-8-13(9-15)5-2-6-13/h3-4,7H,2,5-6,8-9H2,1H3. The Balaban J connectivity index is 1.75. The van der Waals surface area contributed by atoms with Crippen LogP contribution in [0.3, 0.4) is 0 Å². The van der Waals surface area contributed by atoms with Crippen molar-refractivity contribution >= 4 is 21.6 Å². The predicted molar refractivity (Wildman–Crippen MR) is 67.4 cm³/mol. The fourth-order valence-electron chi connectivity index (χ4n) is 2.72. The number of hydrogen-bond donors (Lipinski definition) is 0. The molecule has 0 atom stereocenters. The van der Waals surface area contributed by atoms with Crippen molar-refractivity contribution in [2.24, 2.45) is 5.41 Å². The van der Waals surface area contributed by atoms with E-state index in [-0.39, 0.29) is 0 Å². The molecule has 1 aromatic rings. The van der Waals surface area contributed by atoms with Gasteiger partial charge in [0.15, 0.2) is 0 Å². The van der Waals surface area contributed by atoms with Crippen molar-refractivity contribution in [3.63, 3.8) is 0 Å². The van der Waals surface area contributed by atoms with Gasteiger partial charge in [0, 0.05) is 28.7 Å². The molecule has 1 aromatic carbocycles. The summed E-state index contributed by atoms with van der Waals surface area (Å²) in [5, 5.41) is 0. The summed E-state index contributed by atoms with van der Waals surface area (Å²) >= 11 is 3.60. The predicted octanol–water partition coefficient (Wildman–Crippen LogP) is 3.75. The molecule has 1 spiro atoms. The van der Waals surface area contributed by atoms with Crippen molar-refractivity contribution < 1.29 is 0 Å². The quantitative estimate of drug-likeness (QED) is 0.748. The fourth-order valence-corrected chi connectivity index (χ4v) is 3.08. The minimum atomic E-state index is 0.720. The van der Waals surface area contributed by atoms with Gasteiger partial charge in [0.05, 0.1) is 0 Å². The molecule has 0 amide bonds. The first kappa shape index (κ1) is 9.71. The first-order valence-electron chi connectivity index (χ1n) is 5.70. The lowest BCUT2D eigenvalue weighted by Gasteiger charge is -2.57. The number of nitrogens with zero attached hydrogens (tertiary/aromatic N) is 1. The van der Waals surface area contributed by atoms with Crippen LogP contribution in [0.2, 0.25) is 0 Å². The first-order valence-corrected chi connectivity index (χ1v) is 6.49. The molecule has 3 rings (SSSR count). The van der Waals surface area contributed by atoms with Crippen molar-refractivity contribution in [2.75, 3.05) is 18.0 Å². The van der Waals surface area contributed by atoms with E-state index in [1.54, 1.807) is 0 Å². The van der Waals surface area contributed by atoms with Crippen molar-refractivity contribution in [3.8, 4) is 0 Å². The number of anilines is 1. The zero-order chi connectivity index (χ0) is 10.5. The lowest BCUT2D eigenvalue weighted by atomic mass is 9.63. The third kappa shape index (κ3) is 1.50. The van der Waals surface area contributed by atoms with E-state index in [1.165, 1.54) is 48.1 Å². The van der Waals surface area contributed by atoms with Gasteiger partial charge < -0.3 is 4.90 Å². The summed E-state index contributed by atoms with van der Waals surface area (Å²) in [5.74, 6) is 0. The maximum Gasteiger partial charge on any atom is 0.0378 e. The van der Waals surface area contributed by atoms with Crippen LogP contribution < -0.4 is 4.90 Å². The molecule has 1 aliphatic carbocycles. The zero-order valence-electron chi connectivity index (χ0n) is 9.09. The van der Waals surface area contributed by atoms with Gasteiger partial charge in [-0.3, -0.25) is 0 Å². The number of aryl methyl sites for hydroxylation is 1. The molecule has 80 valence electrons. The molecular weight excluding hydrogens is 250 g/mol. The largest absolute Gasteiger partial charge is 0.370 e. The Labute approximate surface area is 99.6 Å². The van der Waals surface area contributed by atoms with Crippen molar-refractivity contribution in [1.29, 1.82) is 0 Å². The van der Waals surface area contributed by atoms with Gasteiger partial charge >= 0.3 is 0 Å². The van der Waals surface area contributed by atoms with E-state index in [0.29, 0.717) is 0 Å². The van der Waals surface area contributed by atoms with Gasteiger partial charge in [0.25, 0.3) is 0 Å². The molecular formula is C13H16BrN. The smallest absolute Gasteiger partial charge is 0.0378 e. The Morgan fingerprint density at radius 1 is 1.27 bits per heavy atom. The topological polar surface area (TPSA) is 3.24 Å². The van der Waals surface area contributed by atoms with Gasteiger partial charge in [0.2, 0.25) is 0 Å². The molecule has 2 aliphatic rings. The van der Waals surface area contributed by atoms with Crippen LogP contribution in [0, 0.1) is 12.3 Å². The van der Waals surface area contributed by atoms with E-state index >= 15 is 0 Å². The third-order valence-corrected chi connectivity index (χ3v) is 4.84. The van der Waals surface area contributed by atoms with E-state index in [4.69, 9.17) is 0 Å². The minimum Gasteiger partial charge on any atom is -0.370 e. The average molecular weight is 266 g/mol. The molecule has 2 fully saturated rings. The van der Waals surface area contributed by atoms with E-state index in [9.17, 15) is 0 Å². The summed E-state index contributed by atoms with van der Waals surface area (Å²) in [4.78, 5) is 2.50. The van der Waals surface area contributed by atoms with Crippen LogP contribution in [0.5, 0.6) is 0 Å². The fraction of sp³-hybridized carbons (Fsp3) is 0.538. The van der Waals surface area contributed by atoms with Crippen molar-refractivity contribution in [1.82, 2.24) is 0 Å². The number of halogens is 1. The summed E-state index contributed by atoms with van der Waals surface area (Å²) in [6.45, 7) is 4.70. The number of rotatable bonds is 1. The Kier molecular flexibility index (Phi) is 2.10. The zero-order valence-corrected chi connectivity index (χ0v) is 10.7. The first-order chi connectivity index (χ1) is 7.19. The summed E-state index contributed by atoms with van der Waals surface area (Å²) in [6, 6.07) is 6.69. The molecule has 1 nitrogen and oxygen atoms in total. The highest BCUT2D eigenvalue weighted by atomic mass is 79.9. The molecule has 0 aromatic heterocycles. The lowest BCUT2D eigenvalue weighted by Crippen LogP contribution is -2.59. The van der Waals surface area contributed by atoms with Gasteiger partial charge in [-0.1, -0.05) is 28.4 Å². The molecule has 0 bridgehead atoms. The molecule has 1 aliphatic heterocycles. The van der Waals surface area contributed by atoms with Gasteiger partial charge in [0.1, 0.15) is 0 Å². The second-order valence-corrected chi connectivity index (χ2v) is 6.00. The van der Waals surface area contributed by atoms with E-state index < -0.39 is 0 Å². The van der Waals surface area contributed by atoms with Crippen LogP contribution in [0.1, 0.15) is 24.8 Å². The van der Waals surface area contributed by atoms with Crippen LogP contribution in [-0.2, 0) is 0 Å². The van der Waals surface area contributed by atoms with E-state index in [2.05, 4.69) is 46.0 Å². The van der Waals surface area contributed by atoms with Gasteiger partial charge in [-0.2, -0.15) is 0 Å². The molecule has 0 N–H and O–H groups in total. The summed E-state index contributed by atoms with van der Waals surface area (Å²) in [7, 11) is 0. The molecule has 2 heteroatoms. The Bertz CT molecular complexity index is 388. The third-order valence-electron chi connectivity index (χ3n) is 3.99. The second-order valence-electron chi connectivity index (χ2n) is 5.14. The number of hydrogen-bond acceptors (Lipinski definition) is 1. The number of benzene rings is 1. The highest BCUT2D eigenvalue weighted by Crippen LogP contribution is 2.49. The second kappa shape index (κ2) is 3.24. The van der Waals surface area contributed by atoms with Crippen LogP contribution in [0.4, 0.5) is 5.69 Å². The van der Waals surface area contributed by atoms with Crippen molar-refractivity contribution in [3.05, 3.63) is 28.2 Å². The normalized spacial score (nSPS) is 22.4. The summed E-state index contributed by atoms with van der Waals surface area (Å²) < 4.78 is 1.23. The van der Waals surface area contributed by atoms with Crippen LogP contribution in [0.15, 0.2) is 22.7 Å². The van der Waals surface area contributed by atoms with E-state index in [0.717, 1.165) is 5.41 Å². The van der Waals surface area contributed by atoms with Crippen LogP contribution >= 0.6 is 15.9 Å². The molecule has 0 unspecified atom stereocenters. The van der Waals surface area contributed by atoms with Gasteiger partial charge in [-0.05, 0) is 37.5 Å². The SMILES string of the molecule is Cc1ccc(N2CC3(CCC3)C2)cc1Br. The van der Waals surface area contributed by atoms with Gasteiger partial charge in [-0.15, -0.1) is 0 Å². The highest BCUT2D eigenvalue weighted by molar-refractivity contribution is 9.10. The summed E-state index contributed by atoms with van der Waals surface area (Å²) in [5.41, 5.74) is 3.42. The minimum absolute atomic E-state index is 0.720. The monoisotopic (exact) mass is 265 g/mol. The van der Waals surface area contributed by atoms with E-state index in [1.807, 2.05) is 0 Å². The summed E-state index contributed by atoms with van der Waals surface area (Å²) in [6.07, 6.45) is 4.36. The van der Waals surface area contributed by atoms with Crippen LogP contribution in [0.25, 0.3) is 0 Å².